The van der Waals surface area contributed by atoms with Gasteiger partial charge in [0.05, 0.1) is 10.9 Å². The molecule has 1 fully saturated rings. The third-order valence-corrected chi connectivity index (χ3v) is 5.71. The number of carbonyl (C=O) groups is 2. The quantitative estimate of drug-likeness (QED) is 0.188. The van der Waals surface area contributed by atoms with Crippen molar-refractivity contribution in [2.24, 2.45) is 4.99 Å². The molecule has 0 radical (unpaired) electrons. The molecular formula is C17H27ClIN5O2S. The zero-order valence-corrected chi connectivity index (χ0v) is 19.9. The highest BCUT2D eigenvalue weighted by atomic mass is 127. The Balaban J connectivity index is 0.00000364. The Bertz CT molecular complexity index is 699. The molecule has 2 N–H and O–H groups in total. The zero-order chi connectivity index (χ0) is 19.3. The van der Waals surface area contributed by atoms with Gasteiger partial charge in [-0.3, -0.25) is 14.7 Å². The summed E-state index contributed by atoms with van der Waals surface area (Å²) < 4.78 is 0.768. The lowest BCUT2D eigenvalue weighted by molar-refractivity contribution is -0.130. The smallest absolute Gasteiger partial charge is 0.325 e. The molecule has 1 aromatic heterocycles. The number of amides is 3. The van der Waals surface area contributed by atoms with Gasteiger partial charge in [0.15, 0.2) is 5.96 Å². The van der Waals surface area contributed by atoms with E-state index in [1.807, 2.05) is 31.0 Å². The standard InChI is InChI=1S/C17H26ClN5O2S.HI/c1-5-17(2)14(24)23(16(25)21-17)10-6-9-20-15(19-3)22(4)11-12-7-8-13(18)26-12;/h7-8H,5-6,9-11H2,1-4H3,(H,19,20)(H,21,25);1H. The second-order valence-corrected chi connectivity index (χ2v) is 8.26. The van der Waals surface area contributed by atoms with E-state index in [4.69, 9.17) is 11.6 Å². The van der Waals surface area contributed by atoms with E-state index in [1.165, 1.54) is 4.90 Å². The summed E-state index contributed by atoms with van der Waals surface area (Å²) in [7, 11) is 3.68. The lowest BCUT2D eigenvalue weighted by Gasteiger charge is -2.22. The third-order valence-electron chi connectivity index (χ3n) is 4.49. The summed E-state index contributed by atoms with van der Waals surface area (Å²) in [6.45, 7) is 5.36. The number of thiophene rings is 1. The second-order valence-electron chi connectivity index (χ2n) is 6.46. The maximum atomic E-state index is 12.3. The first-order valence-corrected chi connectivity index (χ1v) is 9.80. The fourth-order valence-electron chi connectivity index (χ4n) is 2.76. The second kappa shape index (κ2) is 10.5. The first-order chi connectivity index (χ1) is 12.3. The molecule has 2 rings (SSSR count). The fraction of sp³-hybridized carbons (Fsp3) is 0.588. The fourth-order valence-corrected chi connectivity index (χ4v) is 3.90. The Kier molecular flexibility index (Phi) is 9.29. The molecule has 0 aliphatic carbocycles. The van der Waals surface area contributed by atoms with E-state index in [9.17, 15) is 9.59 Å². The van der Waals surface area contributed by atoms with Crippen LogP contribution in [0.3, 0.4) is 0 Å². The molecule has 1 aliphatic rings. The Morgan fingerprint density at radius 1 is 1.44 bits per heavy atom. The minimum absolute atomic E-state index is 0. The minimum atomic E-state index is -0.775. The predicted octanol–water partition coefficient (Wildman–Crippen LogP) is 3.14. The van der Waals surface area contributed by atoms with Crippen LogP contribution in [-0.4, -0.2) is 60.4 Å². The number of nitrogens with one attached hydrogen (secondary N) is 2. The van der Waals surface area contributed by atoms with Crippen LogP contribution in [0, 0.1) is 0 Å². The van der Waals surface area contributed by atoms with E-state index in [2.05, 4.69) is 15.6 Å². The van der Waals surface area contributed by atoms with Crippen molar-refractivity contribution in [3.63, 3.8) is 0 Å². The van der Waals surface area contributed by atoms with Crippen molar-refractivity contribution >= 4 is 64.8 Å². The monoisotopic (exact) mass is 527 g/mol. The highest BCUT2D eigenvalue weighted by molar-refractivity contribution is 14.0. The van der Waals surface area contributed by atoms with Crippen LogP contribution in [0.4, 0.5) is 4.79 Å². The van der Waals surface area contributed by atoms with Crippen molar-refractivity contribution < 1.29 is 9.59 Å². The van der Waals surface area contributed by atoms with E-state index in [-0.39, 0.29) is 35.9 Å². The molecule has 152 valence electrons. The molecular weight excluding hydrogens is 501 g/mol. The number of hydrogen-bond acceptors (Lipinski definition) is 4. The minimum Gasteiger partial charge on any atom is -0.356 e. The Morgan fingerprint density at radius 2 is 2.15 bits per heavy atom. The molecule has 27 heavy (non-hydrogen) atoms. The van der Waals surface area contributed by atoms with Crippen LogP contribution in [0.15, 0.2) is 17.1 Å². The molecule has 0 spiro atoms. The van der Waals surface area contributed by atoms with Crippen LogP contribution in [0.5, 0.6) is 0 Å². The highest BCUT2D eigenvalue weighted by Gasteiger charge is 2.45. The van der Waals surface area contributed by atoms with Gasteiger partial charge >= 0.3 is 6.03 Å². The SMILES string of the molecule is CCC1(C)NC(=O)N(CCCNC(=NC)N(C)Cc2ccc(Cl)s2)C1=O.I. The maximum absolute atomic E-state index is 12.3. The van der Waals surface area contributed by atoms with Gasteiger partial charge in [-0.1, -0.05) is 18.5 Å². The number of urea groups is 1. The van der Waals surface area contributed by atoms with Crippen molar-refractivity contribution in [1.29, 1.82) is 0 Å². The molecule has 0 aromatic carbocycles. The van der Waals surface area contributed by atoms with Gasteiger partial charge in [0.1, 0.15) is 5.54 Å². The average Bonchev–Trinajstić information content (AvgIpc) is 3.10. The summed E-state index contributed by atoms with van der Waals surface area (Å²) in [5, 5.41) is 6.03. The Hall–Kier alpha value is -1.07. The van der Waals surface area contributed by atoms with E-state index in [1.54, 1.807) is 25.3 Å². The topological polar surface area (TPSA) is 77.0 Å². The summed E-state index contributed by atoms with van der Waals surface area (Å²) in [6, 6.07) is 3.57. The van der Waals surface area contributed by atoms with Crippen molar-refractivity contribution in [2.75, 3.05) is 27.2 Å². The molecule has 1 saturated heterocycles. The van der Waals surface area contributed by atoms with E-state index >= 15 is 0 Å². The van der Waals surface area contributed by atoms with E-state index in [0.717, 1.165) is 15.2 Å². The lowest BCUT2D eigenvalue weighted by Crippen LogP contribution is -2.43. The summed E-state index contributed by atoms with van der Waals surface area (Å²) in [4.78, 5) is 33.1. The van der Waals surface area contributed by atoms with Crippen molar-refractivity contribution in [2.45, 2.75) is 38.8 Å². The van der Waals surface area contributed by atoms with Crippen LogP contribution in [-0.2, 0) is 11.3 Å². The number of hydrogen-bond donors (Lipinski definition) is 2. The summed E-state index contributed by atoms with van der Waals surface area (Å²) >= 11 is 7.51. The molecule has 10 heteroatoms. The largest absolute Gasteiger partial charge is 0.356 e. The van der Waals surface area contributed by atoms with Gasteiger partial charge in [0.25, 0.3) is 5.91 Å². The molecule has 1 atom stereocenters. The van der Waals surface area contributed by atoms with Gasteiger partial charge in [-0.15, -0.1) is 35.3 Å². The van der Waals surface area contributed by atoms with Crippen molar-refractivity contribution in [1.82, 2.24) is 20.4 Å². The third kappa shape index (κ3) is 5.95. The molecule has 1 aliphatic heterocycles. The molecule has 1 unspecified atom stereocenters. The summed E-state index contributed by atoms with van der Waals surface area (Å²) in [6.07, 6.45) is 1.23. The maximum Gasteiger partial charge on any atom is 0.325 e. The van der Waals surface area contributed by atoms with Gasteiger partial charge in [-0.25, -0.2) is 4.79 Å². The number of nitrogens with zero attached hydrogens (tertiary/aromatic N) is 3. The first-order valence-electron chi connectivity index (χ1n) is 8.61. The molecule has 7 nitrogen and oxygen atoms in total. The predicted molar refractivity (Wildman–Crippen MR) is 121 cm³/mol. The van der Waals surface area contributed by atoms with Gasteiger partial charge < -0.3 is 15.5 Å². The van der Waals surface area contributed by atoms with E-state index in [0.29, 0.717) is 32.5 Å². The van der Waals surface area contributed by atoms with Gasteiger partial charge in [0, 0.05) is 32.1 Å². The first kappa shape index (κ1) is 24.0. The summed E-state index contributed by atoms with van der Waals surface area (Å²) in [5.74, 6) is 0.603. The lowest BCUT2D eigenvalue weighted by atomic mass is 9.99. The number of imide groups is 1. The Morgan fingerprint density at radius 3 is 2.67 bits per heavy atom. The number of rotatable bonds is 7. The van der Waals surface area contributed by atoms with Gasteiger partial charge in [0.2, 0.25) is 0 Å². The molecule has 0 saturated carbocycles. The van der Waals surface area contributed by atoms with Gasteiger partial charge in [-0.05, 0) is 31.9 Å². The Labute approximate surface area is 186 Å². The van der Waals surface area contributed by atoms with E-state index < -0.39 is 5.54 Å². The zero-order valence-electron chi connectivity index (χ0n) is 16.0. The van der Waals surface area contributed by atoms with Crippen LogP contribution < -0.4 is 10.6 Å². The number of halogens is 2. The summed E-state index contributed by atoms with van der Waals surface area (Å²) in [5.41, 5.74) is -0.775. The number of guanidine groups is 1. The van der Waals surface area contributed by atoms with Crippen molar-refractivity contribution in [3.8, 4) is 0 Å². The van der Waals surface area contributed by atoms with Crippen LogP contribution in [0.2, 0.25) is 4.34 Å². The normalized spacial score (nSPS) is 19.7. The number of carbonyl (C=O) groups excluding carboxylic acids is 2. The molecule has 0 bridgehead atoms. The number of aliphatic imine (C=N–C) groups is 1. The van der Waals surface area contributed by atoms with Crippen LogP contribution >= 0.6 is 46.9 Å². The highest BCUT2D eigenvalue weighted by Crippen LogP contribution is 2.22. The molecule has 2 heterocycles. The average molecular weight is 528 g/mol. The molecule has 3 amide bonds. The van der Waals surface area contributed by atoms with Gasteiger partial charge in [-0.2, -0.15) is 0 Å². The molecule has 1 aromatic rings. The van der Waals surface area contributed by atoms with Crippen LogP contribution in [0.25, 0.3) is 0 Å². The van der Waals surface area contributed by atoms with Crippen molar-refractivity contribution in [3.05, 3.63) is 21.3 Å². The van der Waals surface area contributed by atoms with Crippen LogP contribution in [0.1, 0.15) is 31.6 Å².